The molecule has 1 fully saturated rings. The van der Waals surface area contributed by atoms with Gasteiger partial charge in [0.15, 0.2) is 0 Å². The Kier molecular flexibility index (Phi) is 4.52. The topological polar surface area (TPSA) is 113 Å². The third kappa shape index (κ3) is 3.41. The molecule has 112 valence electrons. The van der Waals surface area contributed by atoms with Crippen LogP contribution in [0.3, 0.4) is 0 Å². The van der Waals surface area contributed by atoms with E-state index >= 15 is 0 Å². The lowest BCUT2D eigenvalue weighted by Crippen LogP contribution is -2.36. The number of nitrogens with two attached hydrogens (primary N) is 1. The van der Waals surface area contributed by atoms with Crippen molar-refractivity contribution in [2.24, 2.45) is 5.92 Å². The minimum atomic E-state index is -3.67. The number of hydrogen-bond acceptors (Lipinski definition) is 5. The summed E-state index contributed by atoms with van der Waals surface area (Å²) in [4.78, 5) is 0.0121. The molecule has 1 aromatic rings. The van der Waals surface area contributed by atoms with Crippen molar-refractivity contribution in [1.29, 1.82) is 0 Å². The average molecular weight is 300 g/mol. The Labute approximate surface area is 118 Å². The van der Waals surface area contributed by atoms with Crippen LogP contribution in [-0.2, 0) is 10.0 Å². The molecule has 0 aromatic heterocycles. The molecule has 2 atom stereocenters. The summed E-state index contributed by atoms with van der Waals surface area (Å²) in [6.07, 6.45) is 3.09. The molecule has 7 heteroatoms. The molecule has 20 heavy (non-hydrogen) atoms. The van der Waals surface area contributed by atoms with Gasteiger partial charge in [-0.15, -0.1) is 0 Å². The summed E-state index contributed by atoms with van der Waals surface area (Å²) < 4.78 is 26.7. The maximum Gasteiger partial charge on any atom is 0.240 e. The van der Waals surface area contributed by atoms with E-state index in [-0.39, 0.29) is 28.8 Å². The molecule has 0 aliphatic heterocycles. The Morgan fingerprint density at radius 2 is 2.00 bits per heavy atom. The summed E-state index contributed by atoms with van der Waals surface area (Å²) in [7, 11) is -3.67. The predicted octanol–water partition coefficient (Wildman–Crippen LogP) is 0.804. The Morgan fingerprint density at radius 1 is 1.30 bits per heavy atom. The first-order chi connectivity index (χ1) is 9.40. The quantitative estimate of drug-likeness (QED) is 0.485. The van der Waals surface area contributed by atoms with Crippen LogP contribution in [0.15, 0.2) is 23.1 Å². The number of aliphatic hydroxyl groups excluding tert-OH is 1. The van der Waals surface area contributed by atoms with Crippen molar-refractivity contribution in [3.63, 3.8) is 0 Å². The second-order valence-electron chi connectivity index (χ2n) is 5.18. The number of phenolic OH excluding ortho intramolecular Hbond substituents is 1. The van der Waals surface area contributed by atoms with Gasteiger partial charge in [-0.2, -0.15) is 0 Å². The summed E-state index contributed by atoms with van der Waals surface area (Å²) in [6.45, 7) is 0.213. The van der Waals surface area contributed by atoms with E-state index in [2.05, 4.69) is 4.72 Å². The number of rotatable bonds is 4. The maximum atomic E-state index is 12.1. The van der Waals surface area contributed by atoms with Gasteiger partial charge in [-0.3, -0.25) is 0 Å². The van der Waals surface area contributed by atoms with E-state index in [0.717, 1.165) is 25.7 Å². The van der Waals surface area contributed by atoms with Gasteiger partial charge < -0.3 is 15.9 Å². The van der Waals surface area contributed by atoms with Gasteiger partial charge in [-0.1, -0.05) is 12.8 Å². The smallest absolute Gasteiger partial charge is 0.240 e. The first-order valence-corrected chi connectivity index (χ1v) is 8.14. The van der Waals surface area contributed by atoms with E-state index < -0.39 is 16.1 Å². The second-order valence-corrected chi connectivity index (χ2v) is 6.95. The van der Waals surface area contributed by atoms with Crippen molar-refractivity contribution in [3.8, 4) is 5.75 Å². The summed E-state index contributed by atoms with van der Waals surface area (Å²) in [5.74, 6) is -0.195. The summed E-state index contributed by atoms with van der Waals surface area (Å²) in [5, 5.41) is 19.1. The van der Waals surface area contributed by atoms with Crippen molar-refractivity contribution in [1.82, 2.24) is 4.72 Å². The highest BCUT2D eigenvalue weighted by Crippen LogP contribution is 2.25. The SMILES string of the molecule is Nc1cc(S(=O)(=O)NCC2CCCCC2O)ccc1O. The third-order valence-corrected chi connectivity index (χ3v) is 5.14. The van der Waals surface area contributed by atoms with Crippen molar-refractivity contribution < 1.29 is 18.6 Å². The molecule has 5 N–H and O–H groups in total. The van der Waals surface area contributed by atoms with Gasteiger partial charge in [0.2, 0.25) is 10.0 Å². The van der Waals surface area contributed by atoms with E-state index in [4.69, 9.17) is 5.73 Å². The lowest BCUT2D eigenvalue weighted by Gasteiger charge is -2.27. The molecule has 6 nitrogen and oxygen atoms in total. The molecule has 0 amide bonds. The molecule has 1 aliphatic carbocycles. The molecule has 0 radical (unpaired) electrons. The number of benzene rings is 1. The average Bonchev–Trinajstić information content (AvgIpc) is 2.41. The van der Waals surface area contributed by atoms with Crippen molar-refractivity contribution in [3.05, 3.63) is 18.2 Å². The molecule has 0 saturated heterocycles. The highest BCUT2D eigenvalue weighted by atomic mass is 32.2. The maximum absolute atomic E-state index is 12.1. The van der Waals surface area contributed by atoms with Crippen LogP contribution >= 0.6 is 0 Å². The molecule has 0 heterocycles. The molecule has 0 spiro atoms. The van der Waals surface area contributed by atoms with Crippen molar-refractivity contribution in [2.75, 3.05) is 12.3 Å². The first-order valence-electron chi connectivity index (χ1n) is 6.66. The van der Waals surface area contributed by atoms with Crippen molar-refractivity contribution in [2.45, 2.75) is 36.7 Å². The number of aromatic hydroxyl groups is 1. The highest BCUT2D eigenvalue weighted by molar-refractivity contribution is 7.89. The second kappa shape index (κ2) is 5.99. The molecular formula is C13H20N2O4S. The monoisotopic (exact) mass is 300 g/mol. The predicted molar refractivity (Wildman–Crippen MR) is 75.7 cm³/mol. The third-order valence-electron chi connectivity index (χ3n) is 3.71. The normalized spacial score (nSPS) is 23.6. The van der Waals surface area contributed by atoms with Gasteiger partial charge in [0.25, 0.3) is 0 Å². The highest BCUT2D eigenvalue weighted by Gasteiger charge is 2.25. The molecule has 1 saturated carbocycles. The number of nitrogen functional groups attached to an aromatic ring is 1. The van der Waals surface area contributed by atoms with Gasteiger partial charge in [-0.25, -0.2) is 13.1 Å². The van der Waals surface area contributed by atoms with E-state index in [1.165, 1.54) is 18.2 Å². The molecule has 2 rings (SSSR count). The Hall–Kier alpha value is -1.31. The Morgan fingerprint density at radius 3 is 2.65 bits per heavy atom. The summed E-state index contributed by atoms with van der Waals surface area (Å²) in [6, 6.07) is 3.76. The van der Waals surface area contributed by atoms with E-state index in [1.54, 1.807) is 0 Å². The first kappa shape index (κ1) is 15.1. The van der Waals surface area contributed by atoms with Gasteiger partial charge in [0.1, 0.15) is 5.75 Å². The van der Waals surface area contributed by atoms with Crippen LogP contribution in [-0.4, -0.2) is 31.3 Å². The van der Waals surface area contributed by atoms with Gasteiger partial charge in [0, 0.05) is 6.54 Å². The molecule has 1 aromatic carbocycles. The van der Waals surface area contributed by atoms with Gasteiger partial charge >= 0.3 is 0 Å². The summed E-state index contributed by atoms with van der Waals surface area (Å²) >= 11 is 0. The Bertz CT molecular complexity index is 574. The van der Waals surface area contributed by atoms with Gasteiger partial charge in [0.05, 0.1) is 16.7 Å². The number of hydrogen-bond donors (Lipinski definition) is 4. The lowest BCUT2D eigenvalue weighted by molar-refractivity contribution is 0.0724. The van der Waals surface area contributed by atoms with Crippen LogP contribution in [0.1, 0.15) is 25.7 Å². The number of anilines is 1. The number of nitrogens with one attached hydrogen (secondary N) is 1. The largest absolute Gasteiger partial charge is 0.506 e. The minimum Gasteiger partial charge on any atom is -0.506 e. The van der Waals surface area contributed by atoms with E-state index in [1.807, 2.05) is 0 Å². The summed E-state index contributed by atoms with van der Waals surface area (Å²) in [5.41, 5.74) is 5.52. The number of aliphatic hydroxyl groups is 1. The molecule has 1 aliphatic rings. The lowest BCUT2D eigenvalue weighted by atomic mass is 9.87. The van der Waals surface area contributed by atoms with Crippen molar-refractivity contribution >= 4 is 15.7 Å². The van der Waals surface area contributed by atoms with E-state index in [0.29, 0.717) is 0 Å². The number of sulfonamides is 1. The molecule has 2 unspecified atom stereocenters. The van der Waals surface area contributed by atoms with Crippen LogP contribution in [0.25, 0.3) is 0 Å². The standard InChI is InChI=1S/C13H20N2O4S/c14-11-7-10(5-6-13(11)17)20(18,19)15-8-9-3-1-2-4-12(9)16/h5-7,9,12,15-17H,1-4,8,14H2. The van der Waals surface area contributed by atoms with Crippen LogP contribution < -0.4 is 10.5 Å². The van der Waals surface area contributed by atoms with Crippen LogP contribution in [0, 0.1) is 5.92 Å². The molecular weight excluding hydrogens is 280 g/mol. The van der Waals surface area contributed by atoms with Crippen LogP contribution in [0.5, 0.6) is 5.75 Å². The zero-order valence-electron chi connectivity index (χ0n) is 11.1. The fraction of sp³-hybridized carbons (Fsp3) is 0.538. The molecule has 0 bridgehead atoms. The zero-order chi connectivity index (χ0) is 14.8. The zero-order valence-corrected chi connectivity index (χ0v) is 11.9. The van der Waals surface area contributed by atoms with Gasteiger partial charge in [-0.05, 0) is 37.0 Å². The van der Waals surface area contributed by atoms with Crippen LogP contribution in [0.4, 0.5) is 5.69 Å². The Balaban J connectivity index is 2.05. The fourth-order valence-electron chi connectivity index (χ4n) is 2.43. The van der Waals surface area contributed by atoms with Crippen LogP contribution in [0.2, 0.25) is 0 Å². The fourth-order valence-corrected chi connectivity index (χ4v) is 3.56. The number of phenols is 1. The van der Waals surface area contributed by atoms with E-state index in [9.17, 15) is 18.6 Å². The minimum absolute atomic E-state index is 0.0121.